The summed E-state index contributed by atoms with van der Waals surface area (Å²) in [6.45, 7) is 0.985. The zero-order chi connectivity index (χ0) is 14.3. The van der Waals surface area contributed by atoms with Crippen LogP contribution < -0.4 is 10.6 Å². The minimum Gasteiger partial charge on any atom is -0.395 e. The highest BCUT2D eigenvalue weighted by atomic mass is 16.3. The van der Waals surface area contributed by atoms with Gasteiger partial charge in [0.15, 0.2) is 0 Å². The second kappa shape index (κ2) is 7.29. The summed E-state index contributed by atoms with van der Waals surface area (Å²) in [4.78, 5) is 11.6. The van der Waals surface area contributed by atoms with Crippen LogP contribution in [-0.4, -0.2) is 30.8 Å². The summed E-state index contributed by atoms with van der Waals surface area (Å²) >= 11 is 0. The molecule has 0 unspecified atom stereocenters. The first-order chi connectivity index (χ1) is 9.74. The highest BCUT2D eigenvalue weighted by Gasteiger charge is 2.34. The summed E-state index contributed by atoms with van der Waals surface area (Å²) in [5.41, 5.74) is 1.53. The summed E-state index contributed by atoms with van der Waals surface area (Å²) in [5, 5.41) is 14.3. The fraction of sp³-hybridized carbons (Fsp3) is 0.562. The number of rotatable bonds is 6. The van der Waals surface area contributed by atoms with Crippen LogP contribution in [0.1, 0.15) is 31.2 Å². The van der Waals surface area contributed by atoms with Gasteiger partial charge in [-0.15, -0.1) is 0 Å². The quantitative estimate of drug-likeness (QED) is 0.745. The Labute approximate surface area is 120 Å². The molecule has 2 amide bonds. The normalized spacial score (nSPS) is 16.9. The molecule has 1 aliphatic rings. The minimum atomic E-state index is -0.182. The predicted octanol–water partition coefficient (Wildman–Crippen LogP) is 2.08. The maximum atomic E-state index is 11.6. The Kier molecular flexibility index (Phi) is 5.41. The molecule has 110 valence electrons. The molecule has 0 spiro atoms. The average molecular weight is 276 g/mol. The largest absolute Gasteiger partial charge is 0.395 e. The van der Waals surface area contributed by atoms with E-state index in [1.54, 1.807) is 0 Å². The molecule has 0 aliphatic heterocycles. The molecule has 1 aromatic rings. The van der Waals surface area contributed by atoms with Crippen molar-refractivity contribution >= 4 is 6.03 Å². The number of aliphatic hydroxyl groups excluding tert-OH is 1. The Bertz CT molecular complexity index is 414. The molecule has 0 bridgehead atoms. The molecule has 1 saturated carbocycles. The zero-order valence-electron chi connectivity index (χ0n) is 11.9. The van der Waals surface area contributed by atoms with Gasteiger partial charge in [0.2, 0.25) is 0 Å². The molecule has 3 N–H and O–H groups in total. The van der Waals surface area contributed by atoms with E-state index in [1.165, 1.54) is 31.2 Å². The molecular weight excluding hydrogens is 252 g/mol. The van der Waals surface area contributed by atoms with Crippen molar-refractivity contribution in [1.29, 1.82) is 0 Å². The van der Waals surface area contributed by atoms with Crippen molar-refractivity contribution in [2.45, 2.75) is 32.1 Å². The highest BCUT2D eigenvalue weighted by Crippen LogP contribution is 2.40. The lowest BCUT2D eigenvalue weighted by Crippen LogP contribution is -2.43. The van der Waals surface area contributed by atoms with Crippen LogP contribution in [0.2, 0.25) is 0 Å². The van der Waals surface area contributed by atoms with E-state index in [4.69, 9.17) is 5.11 Å². The smallest absolute Gasteiger partial charge is 0.314 e. The molecule has 0 heterocycles. The molecule has 0 aromatic heterocycles. The van der Waals surface area contributed by atoms with Crippen molar-refractivity contribution in [3.63, 3.8) is 0 Å². The van der Waals surface area contributed by atoms with E-state index in [0.29, 0.717) is 13.1 Å². The van der Waals surface area contributed by atoms with Gasteiger partial charge in [-0.05, 0) is 30.2 Å². The maximum Gasteiger partial charge on any atom is 0.314 e. The molecule has 1 fully saturated rings. The lowest BCUT2D eigenvalue weighted by Gasteiger charge is -2.29. The summed E-state index contributed by atoms with van der Waals surface area (Å²) in [7, 11) is 0. The summed E-state index contributed by atoms with van der Waals surface area (Å²) in [6.07, 6.45) is 5.85. The van der Waals surface area contributed by atoms with Gasteiger partial charge in [0.25, 0.3) is 0 Å². The van der Waals surface area contributed by atoms with Gasteiger partial charge >= 0.3 is 6.03 Å². The van der Waals surface area contributed by atoms with Crippen molar-refractivity contribution in [2.75, 3.05) is 19.7 Å². The zero-order valence-corrected chi connectivity index (χ0v) is 11.9. The number of hydrogen-bond donors (Lipinski definition) is 3. The van der Waals surface area contributed by atoms with Crippen molar-refractivity contribution < 1.29 is 9.90 Å². The number of carbonyl (C=O) groups excluding carboxylic acids is 1. The number of nitrogens with one attached hydrogen (secondary N) is 2. The lowest BCUT2D eigenvalue weighted by atomic mass is 9.80. The molecule has 0 atom stereocenters. The molecule has 20 heavy (non-hydrogen) atoms. The highest BCUT2D eigenvalue weighted by molar-refractivity contribution is 5.73. The average Bonchev–Trinajstić information content (AvgIpc) is 2.93. The van der Waals surface area contributed by atoms with Gasteiger partial charge in [-0.3, -0.25) is 0 Å². The van der Waals surface area contributed by atoms with Crippen LogP contribution in [0, 0.1) is 5.41 Å². The fourth-order valence-corrected chi connectivity index (χ4v) is 3.07. The van der Waals surface area contributed by atoms with Gasteiger partial charge in [0.1, 0.15) is 0 Å². The van der Waals surface area contributed by atoms with E-state index in [-0.39, 0.29) is 18.1 Å². The fourth-order valence-electron chi connectivity index (χ4n) is 3.07. The SMILES string of the molecule is O=C(NCCO)NCC1(Cc2ccccc2)CCCC1. The van der Waals surface area contributed by atoms with Gasteiger partial charge in [-0.25, -0.2) is 4.79 Å². The van der Waals surface area contributed by atoms with Crippen LogP contribution in [0.3, 0.4) is 0 Å². The van der Waals surface area contributed by atoms with E-state index in [2.05, 4.69) is 34.9 Å². The first-order valence-electron chi connectivity index (χ1n) is 7.41. The molecule has 4 heteroatoms. The summed E-state index contributed by atoms with van der Waals surface area (Å²) in [5.74, 6) is 0. The first kappa shape index (κ1) is 14.9. The molecule has 0 radical (unpaired) electrons. The summed E-state index contributed by atoms with van der Waals surface area (Å²) < 4.78 is 0. The van der Waals surface area contributed by atoms with Gasteiger partial charge in [0.05, 0.1) is 6.61 Å². The van der Waals surface area contributed by atoms with E-state index >= 15 is 0 Å². The third-order valence-corrected chi connectivity index (χ3v) is 4.11. The molecule has 1 aliphatic carbocycles. The molecule has 4 nitrogen and oxygen atoms in total. The second-order valence-electron chi connectivity index (χ2n) is 5.70. The van der Waals surface area contributed by atoms with Crippen LogP contribution in [0.4, 0.5) is 4.79 Å². The monoisotopic (exact) mass is 276 g/mol. The van der Waals surface area contributed by atoms with Crippen molar-refractivity contribution in [1.82, 2.24) is 10.6 Å². The Morgan fingerprint density at radius 3 is 2.50 bits per heavy atom. The van der Waals surface area contributed by atoms with Crippen LogP contribution in [0.25, 0.3) is 0 Å². The standard InChI is InChI=1S/C16H24N2O2/c19-11-10-17-15(20)18-13-16(8-4-5-9-16)12-14-6-2-1-3-7-14/h1-3,6-7,19H,4-5,8-13H2,(H2,17,18,20). The first-order valence-corrected chi connectivity index (χ1v) is 7.41. The molecule has 2 rings (SSSR count). The Balaban J connectivity index is 1.91. The van der Waals surface area contributed by atoms with Gasteiger partial charge in [0, 0.05) is 13.1 Å². The van der Waals surface area contributed by atoms with E-state index in [1.807, 2.05) is 6.07 Å². The third kappa shape index (κ3) is 4.23. The van der Waals surface area contributed by atoms with E-state index < -0.39 is 0 Å². The van der Waals surface area contributed by atoms with Crippen molar-refractivity contribution in [2.24, 2.45) is 5.41 Å². The second-order valence-corrected chi connectivity index (χ2v) is 5.70. The molecule has 1 aromatic carbocycles. The Morgan fingerprint density at radius 2 is 1.85 bits per heavy atom. The maximum absolute atomic E-state index is 11.6. The molecular formula is C16H24N2O2. The predicted molar refractivity (Wildman–Crippen MR) is 79.5 cm³/mol. The van der Waals surface area contributed by atoms with Crippen molar-refractivity contribution in [3.8, 4) is 0 Å². The van der Waals surface area contributed by atoms with Gasteiger partial charge in [-0.2, -0.15) is 0 Å². The van der Waals surface area contributed by atoms with E-state index in [9.17, 15) is 4.79 Å². The number of carbonyl (C=O) groups is 1. The Hall–Kier alpha value is -1.55. The number of amides is 2. The number of hydrogen-bond acceptors (Lipinski definition) is 2. The molecule has 0 saturated heterocycles. The van der Waals surface area contributed by atoms with Crippen LogP contribution >= 0.6 is 0 Å². The van der Waals surface area contributed by atoms with Gasteiger partial charge < -0.3 is 15.7 Å². The van der Waals surface area contributed by atoms with Crippen LogP contribution in [0.15, 0.2) is 30.3 Å². The van der Waals surface area contributed by atoms with Crippen LogP contribution in [-0.2, 0) is 6.42 Å². The lowest BCUT2D eigenvalue weighted by molar-refractivity contribution is 0.221. The van der Waals surface area contributed by atoms with Gasteiger partial charge in [-0.1, -0.05) is 43.2 Å². The number of benzene rings is 1. The Morgan fingerprint density at radius 1 is 1.15 bits per heavy atom. The number of urea groups is 1. The third-order valence-electron chi connectivity index (χ3n) is 4.11. The summed E-state index contributed by atoms with van der Waals surface area (Å²) in [6, 6.07) is 10.3. The number of aliphatic hydroxyl groups is 1. The van der Waals surface area contributed by atoms with Crippen LogP contribution in [0.5, 0.6) is 0 Å². The topological polar surface area (TPSA) is 61.4 Å². The van der Waals surface area contributed by atoms with E-state index in [0.717, 1.165) is 6.42 Å². The minimum absolute atomic E-state index is 0.0252. The van der Waals surface area contributed by atoms with Crippen molar-refractivity contribution in [3.05, 3.63) is 35.9 Å².